The third-order valence-corrected chi connectivity index (χ3v) is 6.26. The highest BCUT2D eigenvalue weighted by molar-refractivity contribution is 5.87. The standard InChI is InChI=1S/C26H33NO6/c1-16-10-17(2)15-27(14-16)24(28)13-21(18-6-8-19(9-7-18)26(29)30)25-22(32-4)11-20(31-3)12-23(25)33-5/h6-9,11-12,16-17,21H,10,13-15H2,1-5H3,(H,29,30)/t16-,17+,21?. The number of carboxylic acids is 1. The first kappa shape index (κ1) is 24.4. The molecule has 1 heterocycles. The lowest BCUT2D eigenvalue weighted by Gasteiger charge is -2.36. The van der Waals surface area contributed by atoms with Crippen LogP contribution < -0.4 is 14.2 Å². The number of methoxy groups -OCH3 is 3. The number of nitrogens with zero attached hydrogens (tertiary/aromatic N) is 1. The summed E-state index contributed by atoms with van der Waals surface area (Å²) >= 11 is 0. The van der Waals surface area contributed by atoms with Gasteiger partial charge in [0.2, 0.25) is 5.91 Å². The Morgan fingerprint density at radius 1 is 0.970 bits per heavy atom. The number of benzene rings is 2. The van der Waals surface area contributed by atoms with E-state index < -0.39 is 5.97 Å². The van der Waals surface area contributed by atoms with Crippen molar-refractivity contribution < 1.29 is 28.9 Å². The topological polar surface area (TPSA) is 85.3 Å². The van der Waals surface area contributed by atoms with Gasteiger partial charge in [-0.3, -0.25) is 4.79 Å². The molecule has 0 radical (unpaired) electrons. The van der Waals surface area contributed by atoms with Crippen molar-refractivity contribution in [2.24, 2.45) is 11.8 Å². The van der Waals surface area contributed by atoms with Gasteiger partial charge in [0.1, 0.15) is 17.2 Å². The molecule has 0 spiro atoms. The number of ether oxygens (including phenoxy) is 3. The zero-order chi connectivity index (χ0) is 24.1. The van der Waals surface area contributed by atoms with Gasteiger partial charge >= 0.3 is 5.97 Å². The average molecular weight is 456 g/mol. The highest BCUT2D eigenvalue weighted by Gasteiger charge is 2.31. The smallest absolute Gasteiger partial charge is 0.335 e. The Hall–Kier alpha value is -3.22. The van der Waals surface area contributed by atoms with E-state index in [4.69, 9.17) is 14.2 Å². The summed E-state index contributed by atoms with van der Waals surface area (Å²) in [6.07, 6.45) is 1.33. The van der Waals surface area contributed by atoms with E-state index in [0.29, 0.717) is 29.1 Å². The number of carboxylic acid groups (broad SMARTS) is 1. The summed E-state index contributed by atoms with van der Waals surface area (Å²) in [4.78, 5) is 26.8. The van der Waals surface area contributed by atoms with Gasteiger partial charge in [0.05, 0.1) is 26.9 Å². The van der Waals surface area contributed by atoms with Crippen molar-refractivity contribution in [2.75, 3.05) is 34.4 Å². The molecule has 0 bridgehead atoms. The quantitative estimate of drug-likeness (QED) is 0.634. The lowest BCUT2D eigenvalue weighted by atomic mass is 9.85. The fourth-order valence-corrected chi connectivity index (χ4v) is 4.79. The van der Waals surface area contributed by atoms with E-state index in [-0.39, 0.29) is 23.8 Å². The van der Waals surface area contributed by atoms with Gasteiger partial charge in [0.25, 0.3) is 0 Å². The number of piperidine rings is 1. The van der Waals surface area contributed by atoms with Gasteiger partial charge in [-0.2, -0.15) is 0 Å². The monoisotopic (exact) mass is 455 g/mol. The number of amides is 1. The Balaban J connectivity index is 2.06. The zero-order valence-corrected chi connectivity index (χ0v) is 20.0. The minimum absolute atomic E-state index is 0.0561. The van der Waals surface area contributed by atoms with E-state index in [2.05, 4.69) is 13.8 Å². The van der Waals surface area contributed by atoms with Crippen LogP contribution >= 0.6 is 0 Å². The van der Waals surface area contributed by atoms with Crippen molar-refractivity contribution in [2.45, 2.75) is 32.6 Å². The Morgan fingerprint density at radius 3 is 1.97 bits per heavy atom. The summed E-state index contributed by atoms with van der Waals surface area (Å²) in [7, 11) is 4.70. The van der Waals surface area contributed by atoms with Crippen molar-refractivity contribution >= 4 is 11.9 Å². The molecule has 2 aromatic rings. The third kappa shape index (κ3) is 5.59. The molecule has 7 nitrogen and oxygen atoms in total. The van der Waals surface area contributed by atoms with Crippen LogP contribution in [0.2, 0.25) is 0 Å². The van der Waals surface area contributed by atoms with Gasteiger partial charge in [0, 0.05) is 43.1 Å². The first-order valence-electron chi connectivity index (χ1n) is 11.2. The molecule has 1 aliphatic rings. The number of rotatable bonds is 8. The first-order valence-corrected chi connectivity index (χ1v) is 11.2. The maximum atomic E-state index is 13.5. The molecule has 3 rings (SSSR count). The lowest BCUT2D eigenvalue weighted by molar-refractivity contribution is -0.134. The van der Waals surface area contributed by atoms with Crippen LogP contribution in [0.5, 0.6) is 17.2 Å². The maximum Gasteiger partial charge on any atom is 0.335 e. The molecule has 1 N–H and O–H groups in total. The van der Waals surface area contributed by atoms with Crippen LogP contribution in [-0.4, -0.2) is 56.3 Å². The number of likely N-dealkylation sites (tertiary alicyclic amines) is 1. The maximum absolute atomic E-state index is 13.5. The number of hydrogen-bond acceptors (Lipinski definition) is 5. The largest absolute Gasteiger partial charge is 0.496 e. The van der Waals surface area contributed by atoms with Crippen LogP contribution in [0.15, 0.2) is 36.4 Å². The van der Waals surface area contributed by atoms with Gasteiger partial charge in [-0.1, -0.05) is 26.0 Å². The number of carbonyl (C=O) groups is 2. The number of hydrogen-bond donors (Lipinski definition) is 1. The molecule has 2 aromatic carbocycles. The fraction of sp³-hybridized carbons (Fsp3) is 0.462. The molecule has 1 aliphatic heterocycles. The van der Waals surface area contributed by atoms with Gasteiger partial charge in [0.15, 0.2) is 0 Å². The van der Waals surface area contributed by atoms with Crippen molar-refractivity contribution in [1.29, 1.82) is 0 Å². The third-order valence-electron chi connectivity index (χ3n) is 6.26. The van der Waals surface area contributed by atoms with E-state index in [9.17, 15) is 14.7 Å². The molecule has 0 aliphatic carbocycles. The molecular weight excluding hydrogens is 422 g/mol. The molecule has 33 heavy (non-hydrogen) atoms. The molecule has 178 valence electrons. The molecule has 1 unspecified atom stereocenters. The molecule has 7 heteroatoms. The first-order chi connectivity index (χ1) is 15.8. The van der Waals surface area contributed by atoms with Gasteiger partial charge in [-0.25, -0.2) is 4.79 Å². The van der Waals surface area contributed by atoms with Crippen molar-refractivity contribution in [3.8, 4) is 17.2 Å². The summed E-state index contributed by atoms with van der Waals surface area (Å²) < 4.78 is 16.7. The van der Waals surface area contributed by atoms with Crippen molar-refractivity contribution in [3.05, 3.63) is 53.1 Å². The fourth-order valence-electron chi connectivity index (χ4n) is 4.79. The molecule has 3 atom stereocenters. The summed E-state index contributed by atoms with van der Waals surface area (Å²) in [5.74, 6) is 1.26. The Labute approximate surface area is 195 Å². The van der Waals surface area contributed by atoms with Crippen LogP contribution in [0, 0.1) is 11.8 Å². The van der Waals surface area contributed by atoms with Crippen LogP contribution in [0.25, 0.3) is 0 Å². The van der Waals surface area contributed by atoms with Crippen molar-refractivity contribution in [1.82, 2.24) is 4.90 Å². The van der Waals surface area contributed by atoms with E-state index in [1.54, 1.807) is 57.7 Å². The molecule has 1 fully saturated rings. The van der Waals surface area contributed by atoms with Crippen LogP contribution in [0.4, 0.5) is 0 Å². The molecular formula is C26H33NO6. The SMILES string of the molecule is COc1cc(OC)c(C(CC(=O)N2C[C@H](C)C[C@H](C)C2)c2ccc(C(=O)O)cc2)c(OC)c1. The van der Waals surface area contributed by atoms with Gasteiger partial charge in [-0.15, -0.1) is 0 Å². The summed E-state index contributed by atoms with van der Waals surface area (Å²) in [6.45, 7) is 5.83. The average Bonchev–Trinajstić information content (AvgIpc) is 2.81. The Morgan fingerprint density at radius 2 is 1.52 bits per heavy atom. The molecule has 1 amide bonds. The van der Waals surface area contributed by atoms with E-state index in [0.717, 1.165) is 30.6 Å². The molecule has 1 saturated heterocycles. The summed E-state index contributed by atoms with van der Waals surface area (Å²) in [6, 6.07) is 10.2. The van der Waals surface area contributed by atoms with Crippen LogP contribution in [0.3, 0.4) is 0 Å². The second-order valence-electron chi connectivity index (χ2n) is 8.87. The molecule has 0 aromatic heterocycles. The number of carbonyl (C=O) groups excluding carboxylic acids is 1. The lowest BCUT2D eigenvalue weighted by Crippen LogP contribution is -2.43. The van der Waals surface area contributed by atoms with Gasteiger partial charge in [-0.05, 0) is 36.0 Å². The highest BCUT2D eigenvalue weighted by Crippen LogP contribution is 2.44. The second kappa shape index (κ2) is 10.6. The van der Waals surface area contributed by atoms with E-state index >= 15 is 0 Å². The Bertz CT molecular complexity index is 952. The predicted molar refractivity (Wildman–Crippen MR) is 125 cm³/mol. The highest BCUT2D eigenvalue weighted by atomic mass is 16.5. The zero-order valence-electron chi connectivity index (χ0n) is 20.0. The van der Waals surface area contributed by atoms with Gasteiger partial charge < -0.3 is 24.2 Å². The second-order valence-corrected chi connectivity index (χ2v) is 8.87. The van der Waals surface area contributed by atoms with E-state index in [1.807, 2.05) is 4.90 Å². The normalized spacial score (nSPS) is 19.0. The minimum atomic E-state index is -0.995. The molecule has 0 saturated carbocycles. The summed E-state index contributed by atoms with van der Waals surface area (Å²) in [5.41, 5.74) is 1.74. The minimum Gasteiger partial charge on any atom is -0.496 e. The van der Waals surface area contributed by atoms with Crippen LogP contribution in [-0.2, 0) is 4.79 Å². The summed E-state index contributed by atoms with van der Waals surface area (Å²) in [5, 5.41) is 9.30. The van der Waals surface area contributed by atoms with E-state index in [1.165, 1.54) is 0 Å². The van der Waals surface area contributed by atoms with Crippen LogP contribution in [0.1, 0.15) is 54.1 Å². The predicted octanol–water partition coefficient (Wildman–Crippen LogP) is 4.44. The Kier molecular flexibility index (Phi) is 7.84. The number of aromatic carboxylic acids is 1. The van der Waals surface area contributed by atoms with Crippen molar-refractivity contribution in [3.63, 3.8) is 0 Å².